The SMILES string of the molecule is CC(C)CNCC(Cc1ccc(F)cc1Cl)C(C)C. The second-order valence-electron chi connectivity index (χ2n) is 6.00. The molecule has 0 spiro atoms. The average Bonchev–Trinajstić information content (AvgIpc) is 2.30. The van der Waals surface area contributed by atoms with Gasteiger partial charge < -0.3 is 5.32 Å². The van der Waals surface area contributed by atoms with E-state index in [1.807, 2.05) is 0 Å². The minimum Gasteiger partial charge on any atom is -0.316 e. The summed E-state index contributed by atoms with van der Waals surface area (Å²) in [6.07, 6.45) is 0.891. The van der Waals surface area contributed by atoms with Crippen LogP contribution in [0.15, 0.2) is 18.2 Å². The molecule has 0 aliphatic heterocycles. The maximum Gasteiger partial charge on any atom is 0.124 e. The summed E-state index contributed by atoms with van der Waals surface area (Å²) in [4.78, 5) is 0. The smallest absolute Gasteiger partial charge is 0.124 e. The molecule has 108 valence electrons. The van der Waals surface area contributed by atoms with E-state index in [4.69, 9.17) is 11.6 Å². The molecule has 0 saturated heterocycles. The van der Waals surface area contributed by atoms with E-state index in [0.717, 1.165) is 25.1 Å². The third kappa shape index (κ3) is 5.92. The zero-order chi connectivity index (χ0) is 14.4. The van der Waals surface area contributed by atoms with Gasteiger partial charge >= 0.3 is 0 Å². The first-order valence-corrected chi connectivity index (χ1v) is 7.42. The Balaban J connectivity index is 2.62. The van der Waals surface area contributed by atoms with Gasteiger partial charge in [-0.05, 0) is 55.0 Å². The molecule has 0 aliphatic carbocycles. The fourth-order valence-corrected chi connectivity index (χ4v) is 2.32. The number of hydrogen-bond acceptors (Lipinski definition) is 1. The summed E-state index contributed by atoms with van der Waals surface area (Å²) in [5.41, 5.74) is 1.04. The fourth-order valence-electron chi connectivity index (χ4n) is 2.07. The van der Waals surface area contributed by atoms with Crippen molar-refractivity contribution in [3.8, 4) is 0 Å². The molecular formula is C16H25ClFN. The predicted molar refractivity (Wildman–Crippen MR) is 81.1 cm³/mol. The molecular weight excluding hydrogens is 261 g/mol. The Kier molecular flexibility index (Phi) is 6.81. The molecule has 19 heavy (non-hydrogen) atoms. The van der Waals surface area contributed by atoms with Gasteiger partial charge in [-0.2, -0.15) is 0 Å². The predicted octanol–water partition coefficient (Wildman–Crippen LogP) is 4.54. The van der Waals surface area contributed by atoms with Gasteiger partial charge in [0.05, 0.1) is 0 Å². The Hall–Kier alpha value is -0.600. The highest BCUT2D eigenvalue weighted by Crippen LogP contribution is 2.23. The van der Waals surface area contributed by atoms with Crippen molar-refractivity contribution in [1.82, 2.24) is 5.32 Å². The summed E-state index contributed by atoms with van der Waals surface area (Å²) in [6, 6.07) is 4.69. The Bertz CT molecular complexity index is 390. The maximum absolute atomic E-state index is 13.0. The van der Waals surface area contributed by atoms with Crippen molar-refractivity contribution in [3.63, 3.8) is 0 Å². The zero-order valence-electron chi connectivity index (χ0n) is 12.3. The van der Waals surface area contributed by atoms with Crippen molar-refractivity contribution in [2.75, 3.05) is 13.1 Å². The molecule has 0 aliphatic rings. The number of benzene rings is 1. The molecule has 1 atom stereocenters. The Morgan fingerprint density at radius 2 is 1.84 bits per heavy atom. The molecule has 1 unspecified atom stereocenters. The topological polar surface area (TPSA) is 12.0 Å². The molecule has 0 fully saturated rings. The number of rotatable bonds is 7. The lowest BCUT2D eigenvalue weighted by Gasteiger charge is -2.22. The third-order valence-electron chi connectivity index (χ3n) is 3.40. The van der Waals surface area contributed by atoms with Crippen molar-refractivity contribution < 1.29 is 4.39 Å². The van der Waals surface area contributed by atoms with Crippen LogP contribution >= 0.6 is 11.6 Å². The maximum atomic E-state index is 13.0. The van der Waals surface area contributed by atoms with E-state index in [0.29, 0.717) is 22.8 Å². The van der Waals surface area contributed by atoms with Crippen molar-refractivity contribution in [2.45, 2.75) is 34.1 Å². The Morgan fingerprint density at radius 3 is 2.37 bits per heavy atom. The first kappa shape index (κ1) is 16.5. The van der Waals surface area contributed by atoms with Crippen LogP contribution in [0.5, 0.6) is 0 Å². The van der Waals surface area contributed by atoms with Gasteiger partial charge in [-0.25, -0.2) is 4.39 Å². The van der Waals surface area contributed by atoms with Crippen LogP contribution in [0.4, 0.5) is 4.39 Å². The molecule has 0 aromatic heterocycles. The Labute approximate surface area is 121 Å². The summed E-state index contributed by atoms with van der Waals surface area (Å²) >= 11 is 6.10. The molecule has 0 amide bonds. The second kappa shape index (κ2) is 7.86. The molecule has 0 heterocycles. The lowest BCUT2D eigenvalue weighted by molar-refractivity contribution is 0.352. The van der Waals surface area contributed by atoms with Gasteiger partial charge in [0, 0.05) is 5.02 Å². The van der Waals surface area contributed by atoms with Crippen molar-refractivity contribution in [1.29, 1.82) is 0 Å². The molecule has 0 saturated carbocycles. The highest BCUT2D eigenvalue weighted by Gasteiger charge is 2.15. The van der Waals surface area contributed by atoms with Gasteiger partial charge in [0.2, 0.25) is 0 Å². The molecule has 0 radical (unpaired) electrons. The highest BCUT2D eigenvalue weighted by molar-refractivity contribution is 6.31. The van der Waals surface area contributed by atoms with Crippen LogP contribution in [0.3, 0.4) is 0 Å². The van der Waals surface area contributed by atoms with Crippen molar-refractivity contribution in [3.05, 3.63) is 34.6 Å². The molecule has 1 rings (SSSR count). The van der Waals surface area contributed by atoms with Gasteiger partial charge in [-0.1, -0.05) is 45.4 Å². The van der Waals surface area contributed by atoms with E-state index in [1.54, 1.807) is 6.07 Å². The van der Waals surface area contributed by atoms with E-state index in [-0.39, 0.29) is 5.82 Å². The molecule has 1 aromatic carbocycles. The van der Waals surface area contributed by atoms with Crippen LogP contribution in [-0.2, 0) is 6.42 Å². The van der Waals surface area contributed by atoms with E-state index >= 15 is 0 Å². The number of nitrogens with one attached hydrogen (secondary N) is 1. The van der Waals surface area contributed by atoms with E-state index in [1.165, 1.54) is 12.1 Å². The molecule has 1 aromatic rings. The zero-order valence-corrected chi connectivity index (χ0v) is 13.1. The largest absolute Gasteiger partial charge is 0.316 e. The quantitative estimate of drug-likeness (QED) is 0.775. The van der Waals surface area contributed by atoms with E-state index in [2.05, 4.69) is 33.0 Å². The summed E-state index contributed by atoms with van der Waals surface area (Å²) in [5.74, 6) is 1.47. The Morgan fingerprint density at radius 1 is 1.16 bits per heavy atom. The van der Waals surface area contributed by atoms with Crippen molar-refractivity contribution >= 4 is 11.6 Å². The van der Waals surface area contributed by atoms with Crippen molar-refractivity contribution in [2.24, 2.45) is 17.8 Å². The molecule has 1 N–H and O–H groups in total. The second-order valence-corrected chi connectivity index (χ2v) is 6.40. The standard InChI is InChI=1S/C16H25ClFN/c1-11(2)9-19-10-14(12(3)4)7-13-5-6-15(18)8-16(13)17/h5-6,8,11-12,14,19H,7,9-10H2,1-4H3. The van der Waals surface area contributed by atoms with Crippen LogP contribution in [0.1, 0.15) is 33.3 Å². The monoisotopic (exact) mass is 285 g/mol. The molecule has 0 bridgehead atoms. The van der Waals surface area contributed by atoms with Gasteiger partial charge in [0.15, 0.2) is 0 Å². The average molecular weight is 286 g/mol. The lowest BCUT2D eigenvalue weighted by Crippen LogP contribution is -2.30. The van der Waals surface area contributed by atoms with E-state index in [9.17, 15) is 4.39 Å². The molecule has 3 heteroatoms. The normalized spacial score (nSPS) is 13.3. The summed E-state index contributed by atoms with van der Waals surface area (Å²) in [5, 5.41) is 4.04. The van der Waals surface area contributed by atoms with Crippen LogP contribution in [0.25, 0.3) is 0 Å². The van der Waals surface area contributed by atoms with Gasteiger partial charge in [-0.15, -0.1) is 0 Å². The van der Waals surface area contributed by atoms with Crippen LogP contribution < -0.4 is 5.32 Å². The first-order chi connectivity index (χ1) is 8.90. The van der Waals surface area contributed by atoms with Crippen LogP contribution in [0.2, 0.25) is 5.02 Å². The molecule has 1 nitrogen and oxygen atoms in total. The van der Waals surface area contributed by atoms with Gasteiger partial charge in [0.1, 0.15) is 5.82 Å². The number of halogens is 2. The first-order valence-electron chi connectivity index (χ1n) is 7.04. The number of hydrogen-bond donors (Lipinski definition) is 1. The summed E-state index contributed by atoms with van der Waals surface area (Å²) in [7, 11) is 0. The summed E-state index contributed by atoms with van der Waals surface area (Å²) < 4.78 is 13.0. The minimum atomic E-state index is -0.271. The van der Waals surface area contributed by atoms with Crippen LogP contribution in [-0.4, -0.2) is 13.1 Å². The summed E-state index contributed by atoms with van der Waals surface area (Å²) in [6.45, 7) is 10.9. The highest BCUT2D eigenvalue weighted by atomic mass is 35.5. The van der Waals surface area contributed by atoms with E-state index < -0.39 is 0 Å². The fraction of sp³-hybridized carbons (Fsp3) is 0.625. The van der Waals surface area contributed by atoms with Gasteiger partial charge in [0.25, 0.3) is 0 Å². The minimum absolute atomic E-state index is 0.271. The van der Waals surface area contributed by atoms with Gasteiger partial charge in [-0.3, -0.25) is 0 Å². The van der Waals surface area contributed by atoms with Crippen LogP contribution in [0, 0.1) is 23.6 Å². The third-order valence-corrected chi connectivity index (χ3v) is 3.75. The lowest BCUT2D eigenvalue weighted by atomic mass is 9.89.